The Bertz CT molecular complexity index is 399. The zero-order valence-corrected chi connectivity index (χ0v) is 21.0. The average molecular weight is 417 g/mol. The third-order valence-electron chi connectivity index (χ3n) is 5.50. The summed E-state index contributed by atoms with van der Waals surface area (Å²) in [5, 5.41) is 3.82. The molecule has 168 valence electrons. The van der Waals surface area contributed by atoms with E-state index in [-0.39, 0.29) is 11.1 Å². The highest BCUT2D eigenvalue weighted by Gasteiger charge is 2.42. The Morgan fingerprint density at radius 2 is 1.29 bits per heavy atom. The van der Waals surface area contributed by atoms with Gasteiger partial charge in [-0.25, -0.2) is 0 Å². The quantitative estimate of drug-likeness (QED) is 0.411. The maximum atomic E-state index is 6.05. The third-order valence-corrected chi connectivity index (χ3v) is 8.66. The van der Waals surface area contributed by atoms with Crippen molar-refractivity contribution in [3.8, 4) is 0 Å². The molecule has 0 saturated carbocycles. The molecule has 0 aromatic rings. The molecule has 1 N–H and O–H groups in total. The molecule has 0 radical (unpaired) electrons. The van der Waals surface area contributed by atoms with Crippen LogP contribution in [0.15, 0.2) is 0 Å². The molecular weight excluding hydrogens is 368 g/mol. The van der Waals surface area contributed by atoms with E-state index in [4.69, 9.17) is 13.3 Å². The van der Waals surface area contributed by atoms with E-state index in [0.717, 1.165) is 19.0 Å². The Labute approximate surface area is 176 Å². The highest BCUT2D eigenvalue weighted by atomic mass is 28.4. The Kier molecular flexibility index (Phi) is 11.2. The van der Waals surface area contributed by atoms with Crippen LogP contribution in [0.2, 0.25) is 6.04 Å². The fourth-order valence-electron chi connectivity index (χ4n) is 4.86. The number of piperidine rings is 1. The largest absolute Gasteiger partial charge is 0.500 e. The first-order chi connectivity index (χ1) is 13.1. The number of unbranched alkanes of at least 4 members (excludes halogenated alkanes) is 1. The van der Waals surface area contributed by atoms with E-state index in [1.807, 2.05) is 20.8 Å². The zero-order chi connectivity index (χ0) is 21.3. The van der Waals surface area contributed by atoms with Crippen LogP contribution in [0, 0.1) is 0 Å². The van der Waals surface area contributed by atoms with Gasteiger partial charge in [-0.3, -0.25) is 0 Å². The van der Waals surface area contributed by atoms with E-state index >= 15 is 0 Å². The second-order valence-electron chi connectivity index (χ2n) is 9.43. The van der Waals surface area contributed by atoms with Crippen molar-refractivity contribution in [2.45, 2.75) is 111 Å². The molecule has 0 aromatic heterocycles. The van der Waals surface area contributed by atoms with Crippen LogP contribution in [-0.4, -0.2) is 63.7 Å². The normalized spacial score (nSPS) is 20.0. The van der Waals surface area contributed by atoms with Crippen LogP contribution >= 0.6 is 0 Å². The van der Waals surface area contributed by atoms with Crippen LogP contribution in [0.5, 0.6) is 0 Å². The lowest BCUT2D eigenvalue weighted by Crippen LogP contribution is -2.62. The van der Waals surface area contributed by atoms with Crippen LogP contribution in [0.3, 0.4) is 0 Å². The van der Waals surface area contributed by atoms with E-state index in [0.29, 0.717) is 25.9 Å². The van der Waals surface area contributed by atoms with E-state index in [1.165, 1.54) is 32.2 Å². The lowest BCUT2D eigenvalue weighted by Gasteiger charge is -2.50. The topological polar surface area (TPSA) is 43.0 Å². The van der Waals surface area contributed by atoms with Crippen molar-refractivity contribution >= 4 is 8.80 Å². The maximum absolute atomic E-state index is 6.05. The summed E-state index contributed by atoms with van der Waals surface area (Å²) in [7, 11) is -2.54. The zero-order valence-electron chi connectivity index (χ0n) is 20.0. The molecule has 0 aliphatic carbocycles. The third kappa shape index (κ3) is 8.80. The van der Waals surface area contributed by atoms with E-state index in [2.05, 4.69) is 44.8 Å². The molecule has 0 bridgehead atoms. The molecule has 28 heavy (non-hydrogen) atoms. The first-order valence-electron chi connectivity index (χ1n) is 11.6. The highest BCUT2D eigenvalue weighted by molar-refractivity contribution is 6.60. The minimum Gasteiger partial charge on any atom is -0.374 e. The number of rotatable bonds is 14. The average Bonchev–Trinajstić information content (AvgIpc) is 2.56. The van der Waals surface area contributed by atoms with Crippen molar-refractivity contribution < 1.29 is 13.3 Å². The first-order valence-corrected chi connectivity index (χ1v) is 13.5. The van der Waals surface area contributed by atoms with Crippen molar-refractivity contribution in [1.29, 1.82) is 0 Å². The summed E-state index contributed by atoms with van der Waals surface area (Å²) in [6.45, 7) is 22.0. The Balaban J connectivity index is 2.79. The SMILES string of the molecule is CCCCN(CCC[Si](OCC)(OCC)OCC)C1CC(C)(C)NC(C)(C)C1. The van der Waals surface area contributed by atoms with Crippen molar-refractivity contribution in [3.05, 3.63) is 0 Å². The molecule has 0 amide bonds. The van der Waals surface area contributed by atoms with Gasteiger partial charge in [0.1, 0.15) is 0 Å². The summed E-state index contributed by atoms with van der Waals surface area (Å²) in [6, 6.07) is 1.53. The molecule has 1 saturated heterocycles. The summed E-state index contributed by atoms with van der Waals surface area (Å²) in [5.74, 6) is 0. The molecule has 0 unspecified atom stereocenters. The van der Waals surface area contributed by atoms with Gasteiger partial charge in [0.2, 0.25) is 0 Å². The van der Waals surface area contributed by atoms with Crippen LogP contribution in [0.25, 0.3) is 0 Å². The van der Waals surface area contributed by atoms with E-state index in [1.54, 1.807) is 0 Å². The van der Waals surface area contributed by atoms with Crippen molar-refractivity contribution in [2.24, 2.45) is 0 Å². The summed E-state index contributed by atoms with van der Waals surface area (Å²) >= 11 is 0. The fraction of sp³-hybridized carbons (Fsp3) is 1.00. The molecule has 0 atom stereocenters. The van der Waals surface area contributed by atoms with Crippen LogP contribution < -0.4 is 5.32 Å². The van der Waals surface area contributed by atoms with Crippen molar-refractivity contribution in [1.82, 2.24) is 10.2 Å². The predicted molar refractivity (Wildman–Crippen MR) is 121 cm³/mol. The van der Waals surface area contributed by atoms with Gasteiger partial charge in [0, 0.05) is 43.0 Å². The molecule has 1 aliphatic rings. The summed E-state index contributed by atoms with van der Waals surface area (Å²) in [5.41, 5.74) is 0.356. The van der Waals surface area contributed by atoms with Crippen LogP contribution in [0.1, 0.15) is 87.5 Å². The summed E-state index contributed by atoms with van der Waals surface area (Å²) < 4.78 is 18.2. The Hall–Kier alpha value is 0.0169. The molecule has 1 aliphatic heterocycles. The summed E-state index contributed by atoms with van der Waals surface area (Å²) in [4.78, 5) is 2.73. The number of hydrogen-bond acceptors (Lipinski definition) is 5. The lowest BCUT2D eigenvalue weighted by atomic mass is 9.79. The van der Waals surface area contributed by atoms with Gasteiger partial charge in [-0.15, -0.1) is 0 Å². The van der Waals surface area contributed by atoms with Crippen molar-refractivity contribution in [3.63, 3.8) is 0 Å². The van der Waals surface area contributed by atoms with Gasteiger partial charge in [0.25, 0.3) is 0 Å². The number of nitrogens with one attached hydrogen (secondary N) is 1. The van der Waals surface area contributed by atoms with E-state index < -0.39 is 8.80 Å². The number of nitrogens with zero attached hydrogens (tertiary/aromatic N) is 1. The second kappa shape index (κ2) is 12.0. The highest BCUT2D eigenvalue weighted by Crippen LogP contribution is 2.32. The van der Waals surface area contributed by atoms with Gasteiger partial charge < -0.3 is 23.5 Å². The maximum Gasteiger partial charge on any atom is 0.500 e. The molecule has 1 heterocycles. The molecule has 0 spiro atoms. The molecule has 1 fully saturated rings. The summed E-state index contributed by atoms with van der Waals surface area (Å²) in [6.07, 6.45) is 5.97. The van der Waals surface area contributed by atoms with E-state index in [9.17, 15) is 0 Å². The minimum absolute atomic E-state index is 0.178. The van der Waals surface area contributed by atoms with Crippen LogP contribution in [-0.2, 0) is 13.3 Å². The van der Waals surface area contributed by atoms with Gasteiger partial charge in [0.05, 0.1) is 0 Å². The lowest BCUT2D eigenvalue weighted by molar-refractivity contribution is 0.0566. The molecule has 1 rings (SSSR count). The second-order valence-corrected chi connectivity index (χ2v) is 12.2. The van der Waals surface area contributed by atoms with Gasteiger partial charge in [-0.2, -0.15) is 0 Å². The Morgan fingerprint density at radius 1 is 0.821 bits per heavy atom. The molecule has 0 aromatic carbocycles. The van der Waals surface area contributed by atoms with Gasteiger partial charge >= 0.3 is 8.80 Å². The van der Waals surface area contributed by atoms with Crippen molar-refractivity contribution in [2.75, 3.05) is 32.9 Å². The Morgan fingerprint density at radius 3 is 1.71 bits per heavy atom. The minimum atomic E-state index is -2.54. The van der Waals surface area contributed by atoms with Crippen LogP contribution in [0.4, 0.5) is 0 Å². The number of hydrogen-bond donors (Lipinski definition) is 1. The first kappa shape index (κ1) is 26.1. The fourth-order valence-corrected chi connectivity index (χ4v) is 7.46. The molecular formula is C22H48N2O3Si. The molecule has 6 heteroatoms. The predicted octanol–water partition coefficient (Wildman–Crippen LogP) is 4.84. The molecule has 5 nitrogen and oxygen atoms in total. The smallest absolute Gasteiger partial charge is 0.374 e. The monoisotopic (exact) mass is 416 g/mol. The van der Waals surface area contributed by atoms with Gasteiger partial charge in [-0.1, -0.05) is 13.3 Å². The standard InChI is InChI=1S/C22H48N2O3Si/c1-9-13-15-24(20-18-21(5,6)23-22(7,8)19-20)16-14-17-28(25-10-2,26-11-3)27-12-4/h20,23H,9-19H2,1-8H3. The van der Waals surface area contributed by atoms with Gasteiger partial charge in [-0.05, 0) is 87.2 Å². The van der Waals surface area contributed by atoms with Gasteiger partial charge in [0.15, 0.2) is 0 Å².